The number of phenols is 1. The van der Waals surface area contributed by atoms with Crippen LogP contribution in [0.15, 0.2) is 36.4 Å². The molecule has 1 aliphatic rings. The number of carbonyl (C=O) groups excluding carboxylic acids is 1. The topological polar surface area (TPSA) is 93.1 Å². The van der Waals surface area contributed by atoms with Crippen molar-refractivity contribution in [3.05, 3.63) is 58.7 Å². The second-order valence-electron chi connectivity index (χ2n) is 9.47. The molecule has 2 aromatic rings. The van der Waals surface area contributed by atoms with Crippen LogP contribution in [0.25, 0.3) is 0 Å². The highest BCUT2D eigenvalue weighted by Crippen LogP contribution is 2.46. The van der Waals surface area contributed by atoms with Crippen molar-refractivity contribution in [3.8, 4) is 11.5 Å². The average Bonchev–Trinajstić information content (AvgIpc) is 2.68. The maximum atomic E-state index is 11.4. The Bertz CT molecular complexity index is 1010. The Kier molecular flexibility index (Phi) is 6.03. The van der Waals surface area contributed by atoms with E-state index in [0.717, 1.165) is 18.4 Å². The lowest BCUT2D eigenvalue weighted by atomic mass is 9.63. The zero-order valence-electron chi connectivity index (χ0n) is 18.7. The third-order valence-electron chi connectivity index (χ3n) is 6.16. The maximum Gasteiger partial charge on any atom is 0.339 e. The van der Waals surface area contributed by atoms with Crippen LogP contribution in [0.4, 0.5) is 0 Å². The summed E-state index contributed by atoms with van der Waals surface area (Å²) in [6.45, 7) is 10.3. The molecule has 0 fully saturated rings. The number of hydrogen-bond donors (Lipinski definition) is 2. The Balaban J connectivity index is 1.99. The van der Waals surface area contributed by atoms with Gasteiger partial charge in [0.05, 0.1) is 0 Å². The van der Waals surface area contributed by atoms with Crippen LogP contribution >= 0.6 is 0 Å². The van der Waals surface area contributed by atoms with Gasteiger partial charge in [0.2, 0.25) is 0 Å². The molecular formula is C25H30O6. The minimum Gasteiger partial charge on any atom is -0.507 e. The molecule has 0 heterocycles. The lowest BCUT2D eigenvalue weighted by Gasteiger charge is -2.42. The number of rotatable bonds is 6. The molecule has 0 saturated heterocycles. The fourth-order valence-corrected chi connectivity index (χ4v) is 4.13. The van der Waals surface area contributed by atoms with Gasteiger partial charge in [0, 0.05) is 13.0 Å². The molecule has 166 valence electrons. The summed E-state index contributed by atoms with van der Waals surface area (Å²) in [7, 11) is 0. The Labute approximate surface area is 182 Å². The zero-order valence-corrected chi connectivity index (χ0v) is 18.7. The molecule has 2 N–H and O–H groups in total. The van der Waals surface area contributed by atoms with Gasteiger partial charge in [-0.2, -0.15) is 0 Å². The molecule has 0 bridgehead atoms. The second kappa shape index (κ2) is 8.25. The van der Waals surface area contributed by atoms with Gasteiger partial charge in [-0.05, 0) is 52.5 Å². The zero-order chi connectivity index (χ0) is 23.0. The SMILES string of the molecule is CC(=O)OCC(Oc1ccc(C(=O)O)c(O)c1)c1ccc2c(c1)C(C)(C)CCC2(C)C. The quantitative estimate of drug-likeness (QED) is 0.623. The van der Waals surface area contributed by atoms with Gasteiger partial charge in [-0.25, -0.2) is 4.79 Å². The van der Waals surface area contributed by atoms with Gasteiger partial charge in [0.1, 0.15) is 23.7 Å². The summed E-state index contributed by atoms with van der Waals surface area (Å²) in [6, 6.07) is 10.3. The molecule has 1 unspecified atom stereocenters. The number of aromatic hydroxyl groups is 1. The van der Waals surface area contributed by atoms with Gasteiger partial charge in [0.25, 0.3) is 0 Å². The van der Waals surface area contributed by atoms with Gasteiger partial charge in [0.15, 0.2) is 6.10 Å². The molecule has 3 rings (SSSR count). The van der Waals surface area contributed by atoms with Crippen LogP contribution in [-0.2, 0) is 20.4 Å². The molecule has 6 heteroatoms. The normalized spacial score (nSPS) is 17.3. The number of carboxylic acid groups (broad SMARTS) is 1. The summed E-state index contributed by atoms with van der Waals surface area (Å²) in [5.74, 6) is -1.74. The minimum absolute atomic E-state index is 0.000610. The van der Waals surface area contributed by atoms with E-state index in [1.807, 2.05) is 6.07 Å². The van der Waals surface area contributed by atoms with Crippen LogP contribution in [0.1, 0.15) is 80.6 Å². The summed E-state index contributed by atoms with van der Waals surface area (Å²) in [5, 5.41) is 19.1. The number of carbonyl (C=O) groups is 2. The van der Waals surface area contributed by atoms with Crippen molar-refractivity contribution < 1.29 is 29.3 Å². The number of esters is 1. The smallest absolute Gasteiger partial charge is 0.339 e. The Morgan fingerprint density at radius 2 is 1.65 bits per heavy atom. The lowest BCUT2D eigenvalue weighted by molar-refractivity contribution is -0.143. The number of carboxylic acids is 1. The van der Waals surface area contributed by atoms with Crippen molar-refractivity contribution in [3.63, 3.8) is 0 Å². The molecule has 0 radical (unpaired) electrons. The van der Waals surface area contributed by atoms with Crippen molar-refractivity contribution in [2.45, 2.75) is 64.4 Å². The summed E-state index contributed by atoms with van der Waals surface area (Å²) in [6.07, 6.45) is 1.57. The first kappa shape index (κ1) is 22.7. The fourth-order valence-electron chi connectivity index (χ4n) is 4.13. The van der Waals surface area contributed by atoms with Crippen LogP contribution in [0.5, 0.6) is 11.5 Å². The van der Waals surface area contributed by atoms with E-state index in [1.165, 1.54) is 36.2 Å². The Morgan fingerprint density at radius 3 is 2.23 bits per heavy atom. The maximum absolute atomic E-state index is 11.4. The third-order valence-corrected chi connectivity index (χ3v) is 6.16. The molecule has 1 atom stereocenters. The summed E-state index contributed by atoms with van der Waals surface area (Å²) in [5.41, 5.74) is 3.29. The number of fused-ring (bicyclic) bond motifs is 1. The summed E-state index contributed by atoms with van der Waals surface area (Å²) >= 11 is 0. The van der Waals surface area contributed by atoms with Gasteiger partial charge in [-0.15, -0.1) is 0 Å². The highest BCUT2D eigenvalue weighted by molar-refractivity contribution is 5.90. The minimum atomic E-state index is -1.22. The first-order chi connectivity index (χ1) is 14.4. The molecule has 0 aromatic heterocycles. The van der Waals surface area contributed by atoms with Crippen molar-refractivity contribution in [2.75, 3.05) is 6.61 Å². The molecule has 6 nitrogen and oxygen atoms in total. The van der Waals surface area contributed by atoms with Crippen LogP contribution in [-0.4, -0.2) is 28.8 Å². The molecule has 1 aliphatic carbocycles. The van der Waals surface area contributed by atoms with Crippen LogP contribution in [0.2, 0.25) is 0 Å². The fraction of sp³-hybridized carbons (Fsp3) is 0.440. The van der Waals surface area contributed by atoms with Gasteiger partial charge in [-0.3, -0.25) is 4.79 Å². The lowest BCUT2D eigenvalue weighted by Crippen LogP contribution is -2.34. The average molecular weight is 427 g/mol. The van der Waals surface area contributed by atoms with E-state index in [0.29, 0.717) is 0 Å². The first-order valence-corrected chi connectivity index (χ1v) is 10.4. The van der Waals surface area contributed by atoms with Crippen LogP contribution < -0.4 is 4.74 Å². The summed E-state index contributed by atoms with van der Waals surface area (Å²) < 4.78 is 11.3. The van der Waals surface area contributed by atoms with Crippen molar-refractivity contribution in [2.24, 2.45) is 0 Å². The van der Waals surface area contributed by atoms with Crippen molar-refractivity contribution >= 4 is 11.9 Å². The van der Waals surface area contributed by atoms with E-state index >= 15 is 0 Å². The van der Waals surface area contributed by atoms with Crippen LogP contribution in [0, 0.1) is 0 Å². The van der Waals surface area contributed by atoms with Gasteiger partial charge in [-0.1, -0.05) is 45.9 Å². The molecule has 0 aliphatic heterocycles. The van der Waals surface area contributed by atoms with E-state index in [-0.39, 0.29) is 34.5 Å². The Hall–Kier alpha value is -3.02. The largest absolute Gasteiger partial charge is 0.507 e. The molecule has 0 spiro atoms. The second-order valence-corrected chi connectivity index (χ2v) is 9.47. The number of ether oxygens (including phenoxy) is 2. The van der Waals surface area contributed by atoms with E-state index < -0.39 is 18.0 Å². The number of benzene rings is 2. The predicted octanol–water partition coefficient (Wildman–Crippen LogP) is 5.12. The standard InChI is InChI=1S/C25H30O6/c1-15(26)30-14-22(31-17-7-8-18(23(28)29)21(27)13-17)16-6-9-19-20(12-16)25(4,5)11-10-24(19,2)3/h6-9,12-13,22,27H,10-11,14H2,1-5H3,(H,28,29). The number of hydrogen-bond acceptors (Lipinski definition) is 5. The molecular weight excluding hydrogens is 396 g/mol. The number of aromatic carboxylic acids is 1. The predicted molar refractivity (Wildman–Crippen MR) is 117 cm³/mol. The molecule has 0 amide bonds. The first-order valence-electron chi connectivity index (χ1n) is 10.4. The molecule has 31 heavy (non-hydrogen) atoms. The highest BCUT2D eigenvalue weighted by Gasteiger charge is 2.37. The van der Waals surface area contributed by atoms with Crippen LogP contribution in [0.3, 0.4) is 0 Å². The Morgan fingerprint density at radius 1 is 1.00 bits per heavy atom. The van der Waals surface area contributed by atoms with E-state index in [2.05, 4.69) is 39.8 Å². The van der Waals surface area contributed by atoms with Crippen molar-refractivity contribution in [1.82, 2.24) is 0 Å². The van der Waals surface area contributed by atoms with Crippen molar-refractivity contribution in [1.29, 1.82) is 0 Å². The highest BCUT2D eigenvalue weighted by atomic mass is 16.6. The third kappa shape index (κ3) is 4.84. The van der Waals surface area contributed by atoms with E-state index in [4.69, 9.17) is 14.6 Å². The molecule has 2 aromatic carbocycles. The monoisotopic (exact) mass is 426 g/mol. The van der Waals surface area contributed by atoms with Gasteiger partial charge >= 0.3 is 11.9 Å². The van der Waals surface area contributed by atoms with E-state index in [1.54, 1.807) is 0 Å². The summed E-state index contributed by atoms with van der Waals surface area (Å²) in [4.78, 5) is 22.6. The molecule has 0 saturated carbocycles. The van der Waals surface area contributed by atoms with E-state index in [9.17, 15) is 14.7 Å². The van der Waals surface area contributed by atoms with Gasteiger partial charge < -0.3 is 19.7 Å².